The number of piperidine rings is 3. The Kier molecular flexibility index (Phi) is 16.9. The molecule has 0 bridgehead atoms. The van der Waals surface area contributed by atoms with E-state index in [4.69, 9.17) is 19.7 Å². The number of phenolic OH excluding ortho intramolecular Hbond substituents is 1. The summed E-state index contributed by atoms with van der Waals surface area (Å²) in [7, 11) is 1.91. The summed E-state index contributed by atoms with van der Waals surface area (Å²) in [6.45, 7) is 16.9. The molecule has 5 saturated heterocycles. The van der Waals surface area contributed by atoms with Gasteiger partial charge < -0.3 is 54.9 Å². The Morgan fingerprint density at radius 3 is 2.24 bits per heavy atom. The summed E-state index contributed by atoms with van der Waals surface area (Å²) in [6, 6.07) is 17.0. The lowest BCUT2D eigenvalue weighted by molar-refractivity contribution is -0.141. The lowest BCUT2D eigenvalue weighted by Gasteiger charge is -2.47. The number of nitrogens with two attached hydrogens (primary N) is 1. The summed E-state index contributed by atoms with van der Waals surface area (Å²) in [4.78, 5) is 45.2. The Hall–Kier alpha value is -5.70. The fourth-order valence-corrected chi connectivity index (χ4v) is 14.2. The van der Waals surface area contributed by atoms with Crippen LogP contribution in [0.2, 0.25) is 0 Å². The van der Waals surface area contributed by atoms with E-state index in [9.17, 15) is 19.8 Å². The quantitative estimate of drug-likeness (QED) is 0.0739. The van der Waals surface area contributed by atoms with Crippen LogP contribution in [0, 0.1) is 18.8 Å². The number of aliphatic hydroxyl groups is 1. The largest absolute Gasteiger partial charge is 0.507 e. The number of hydrazine groups is 1. The molecule has 6 N–H and O–H groups in total. The van der Waals surface area contributed by atoms with Crippen LogP contribution in [0.4, 0.5) is 5.82 Å². The van der Waals surface area contributed by atoms with Gasteiger partial charge in [-0.05, 0) is 113 Å². The number of thiazole rings is 1. The van der Waals surface area contributed by atoms with Crippen molar-refractivity contribution >= 4 is 34.7 Å². The number of aliphatic hydroxyl groups excluding tert-OH is 1. The number of nitrogens with zero attached hydrogens (tertiary/aromatic N) is 8. The smallest absolute Gasteiger partial charge is 0.243 e. The predicted molar refractivity (Wildman–Crippen MR) is 305 cm³/mol. The predicted octanol–water partition coefficient (Wildman–Crippen LogP) is 6.79. The van der Waals surface area contributed by atoms with Gasteiger partial charge in [-0.25, -0.2) is 4.98 Å². The van der Waals surface area contributed by atoms with Crippen molar-refractivity contribution in [2.24, 2.45) is 17.6 Å². The summed E-state index contributed by atoms with van der Waals surface area (Å²) >= 11 is 1.60. The van der Waals surface area contributed by atoms with Gasteiger partial charge in [-0.3, -0.25) is 24.9 Å². The van der Waals surface area contributed by atoms with Crippen molar-refractivity contribution in [3.8, 4) is 16.2 Å². The van der Waals surface area contributed by atoms with E-state index in [1.807, 2.05) is 93.8 Å². The molecule has 8 heterocycles. The van der Waals surface area contributed by atoms with Crippen molar-refractivity contribution in [3.63, 3.8) is 0 Å². The Labute approximate surface area is 469 Å². The number of allylic oxidation sites excluding steroid dienone is 1. The van der Waals surface area contributed by atoms with E-state index in [-0.39, 0.29) is 54.7 Å². The van der Waals surface area contributed by atoms with E-state index in [0.717, 1.165) is 161 Å². The molecule has 0 unspecified atom stereocenters. The van der Waals surface area contributed by atoms with Crippen LogP contribution in [0.1, 0.15) is 120 Å². The molecule has 6 aliphatic heterocycles. The average molecular weight is 1100 g/mol. The maximum absolute atomic E-state index is 14.4. The fraction of sp³-hybridized carbons (Fsp3) is 0.600. The molecule has 11 rings (SSSR count). The van der Waals surface area contributed by atoms with Crippen molar-refractivity contribution in [2.75, 3.05) is 77.4 Å². The number of aryl methyl sites for hydroxylation is 1. The number of nitrogens with one attached hydrogen (secondary N) is 2. The minimum Gasteiger partial charge on any atom is -0.507 e. The number of benzene rings is 2. The average Bonchev–Trinajstić information content (AvgIpc) is 4.34. The van der Waals surface area contributed by atoms with Crippen molar-refractivity contribution in [1.82, 2.24) is 45.5 Å². The monoisotopic (exact) mass is 1100 g/mol. The van der Waals surface area contributed by atoms with Crippen LogP contribution in [-0.4, -0.2) is 172 Å². The number of anilines is 1. The van der Waals surface area contributed by atoms with Gasteiger partial charge in [0.05, 0.1) is 64.0 Å². The third kappa shape index (κ3) is 12.5. The first-order chi connectivity index (χ1) is 38.2. The van der Waals surface area contributed by atoms with Gasteiger partial charge in [0.15, 0.2) is 11.6 Å². The number of carbonyl (C=O) groups excluding carboxylic acids is 2. The molecule has 426 valence electrons. The molecule has 2 amide bonds. The molecule has 4 aromatic rings. The molecular weight excluding hydrogens is 1020 g/mol. The van der Waals surface area contributed by atoms with E-state index in [1.165, 1.54) is 0 Å². The number of rotatable bonds is 17. The molecule has 7 aliphatic rings. The van der Waals surface area contributed by atoms with Crippen molar-refractivity contribution in [1.29, 1.82) is 0 Å². The van der Waals surface area contributed by atoms with Crippen LogP contribution in [0.3, 0.4) is 0 Å². The highest BCUT2D eigenvalue weighted by atomic mass is 32.1. The van der Waals surface area contributed by atoms with Crippen LogP contribution in [0.5, 0.6) is 5.75 Å². The molecule has 6 fully saturated rings. The number of carbonyl (C=O) groups is 2. The lowest BCUT2D eigenvalue weighted by Crippen LogP contribution is -2.53. The van der Waals surface area contributed by atoms with Crippen LogP contribution < -0.4 is 21.4 Å². The third-order valence-corrected chi connectivity index (χ3v) is 19.1. The molecule has 1 aliphatic carbocycles. The summed E-state index contributed by atoms with van der Waals surface area (Å²) in [6.07, 6.45) is 12.3. The van der Waals surface area contributed by atoms with Gasteiger partial charge in [-0.2, -0.15) is 0 Å². The van der Waals surface area contributed by atoms with Crippen molar-refractivity contribution in [2.45, 2.75) is 146 Å². The van der Waals surface area contributed by atoms with Crippen molar-refractivity contribution in [3.05, 3.63) is 100 Å². The zero-order chi connectivity index (χ0) is 54.9. The van der Waals surface area contributed by atoms with Gasteiger partial charge in [0.25, 0.3) is 0 Å². The second kappa shape index (κ2) is 24.2. The molecule has 2 aromatic heterocycles. The zero-order valence-electron chi connectivity index (χ0n) is 46.8. The first-order valence-electron chi connectivity index (χ1n) is 29.2. The van der Waals surface area contributed by atoms with E-state index in [0.29, 0.717) is 35.7 Å². The molecule has 19 heteroatoms. The lowest BCUT2D eigenvalue weighted by atomic mass is 9.86. The second-order valence-corrected chi connectivity index (χ2v) is 24.7. The highest BCUT2D eigenvalue weighted by Gasteiger charge is 2.44. The van der Waals surface area contributed by atoms with E-state index in [1.54, 1.807) is 22.3 Å². The highest BCUT2D eigenvalue weighted by molar-refractivity contribution is 7.13. The standard InChI is InChI=1S/C60H83N11O7S/c1-37(2)56(60(75)71-34-44(72)30-52(71)59(74)63-38(3)41-10-12-42(13-11-41)57-39(4)62-36-79-57)54-32-55(65-78-54)69-23-14-40(15-24-69)33-67-21-16-45(17-22-67)77-48-28-43(29-48)68-25-18-46(19-26-68)76-47-20-27-70(35-47)51-31-50(66(5)64-58(51)61)49-8-6-7-9-53(49)73/h6-13,31-32,36-38,40,43-48,52,56,64,72-73H,14-30,33-35,61H2,1-5H3,(H,63,74)/t38-,43-,44+,47-,48-,52-,56+/m0/s1. The fourth-order valence-electron chi connectivity index (χ4n) is 13.4. The van der Waals surface area contributed by atoms with Crippen LogP contribution in [-0.2, 0) is 19.1 Å². The number of hydrogen-bond acceptors (Lipinski definition) is 17. The Morgan fingerprint density at radius 1 is 0.861 bits per heavy atom. The normalized spacial score (nSPS) is 25.9. The van der Waals surface area contributed by atoms with E-state index in [2.05, 4.69) is 46.6 Å². The molecule has 1 saturated carbocycles. The first kappa shape index (κ1) is 55.2. The number of β-amino-alcohol motifs (C(OH)–C–C–N with tert-alkyl or cyclic N) is 1. The molecular formula is C60H83N11O7S. The topological polar surface area (TPSA) is 202 Å². The van der Waals surface area contributed by atoms with Gasteiger partial charge >= 0.3 is 0 Å². The minimum atomic E-state index is -0.795. The second-order valence-electron chi connectivity index (χ2n) is 23.9. The number of phenols is 1. The Balaban J connectivity index is 0.572. The zero-order valence-corrected chi connectivity index (χ0v) is 47.7. The number of hydrogen-bond donors (Lipinski definition) is 5. The summed E-state index contributed by atoms with van der Waals surface area (Å²) in [5, 5.41) is 30.8. The van der Waals surface area contributed by atoms with Gasteiger partial charge in [-0.15, -0.1) is 11.3 Å². The summed E-state index contributed by atoms with van der Waals surface area (Å²) in [5.41, 5.74) is 17.2. The van der Waals surface area contributed by atoms with E-state index >= 15 is 0 Å². The number of amides is 2. The number of likely N-dealkylation sites (tertiary alicyclic amines) is 4. The van der Waals surface area contributed by atoms with Crippen LogP contribution in [0.15, 0.2) is 82.2 Å². The minimum absolute atomic E-state index is 0.0926. The molecule has 0 spiro atoms. The third-order valence-electron chi connectivity index (χ3n) is 18.1. The maximum Gasteiger partial charge on any atom is 0.243 e. The molecule has 0 radical (unpaired) electrons. The molecule has 18 nitrogen and oxygen atoms in total. The molecule has 5 atom stereocenters. The van der Waals surface area contributed by atoms with Gasteiger partial charge in [0, 0.05) is 96.6 Å². The Morgan fingerprint density at radius 2 is 1.54 bits per heavy atom. The van der Waals surface area contributed by atoms with Gasteiger partial charge in [0.2, 0.25) is 11.8 Å². The highest BCUT2D eigenvalue weighted by Crippen LogP contribution is 2.38. The van der Waals surface area contributed by atoms with Gasteiger partial charge in [-0.1, -0.05) is 55.4 Å². The molecule has 2 aromatic carbocycles. The van der Waals surface area contributed by atoms with E-state index < -0.39 is 18.1 Å². The number of ether oxygens (including phenoxy) is 2. The number of para-hydroxylation sites is 1. The van der Waals surface area contributed by atoms with Gasteiger partial charge in [0.1, 0.15) is 23.5 Å². The number of aromatic hydroxyl groups is 1. The SMILES string of the molecule is Cc1ncsc1-c1ccc([C@H](C)NC(=O)[C@@H]2C[C@@H](O)CN2C(=O)[C@@H](c2cc(N3CCC(CN4CCC(O[C@H]5C[C@H](N6CCC(O[C@H]7CCN(C8=C(N)NN(C)C(c9ccccc9O)=C8)C7)CC6)C5)CC4)CC3)no2)C(C)C)cc1. The Bertz CT molecular complexity index is 2790. The first-order valence-corrected chi connectivity index (χ1v) is 30.1. The maximum atomic E-state index is 14.4. The van der Waals surface area contributed by atoms with Crippen LogP contribution >= 0.6 is 11.3 Å². The summed E-state index contributed by atoms with van der Waals surface area (Å²) in [5.74, 6) is 1.44. The van der Waals surface area contributed by atoms with Crippen molar-refractivity contribution < 1.29 is 33.8 Å². The molecule has 79 heavy (non-hydrogen) atoms. The number of aromatic nitrogens is 2. The van der Waals surface area contributed by atoms with Crippen LogP contribution in [0.25, 0.3) is 16.1 Å². The summed E-state index contributed by atoms with van der Waals surface area (Å²) < 4.78 is 19.4.